The van der Waals surface area contributed by atoms with Crippen LogP contribution in [0.25, 0.3) is 16.8 Å². The van der Waals surface area contributed by atoms with Crippen molar-refractivity contribution in [2.45, 2.75) is 0 Å². The van der Waals surface area contributed by atoms with Crippen LogP contribution in [0.1, 0.15) is 0 Å². The molecule has 3 rings (SSSR count). The summed E-state index contributed by atoms with van der Waals surface area (Å²) in [6.07, 6.45) is 1.89. The molecule has 0 unspecified atom stereocenters. The van der Waals surface area contributed by atoms with Crippen LogP contribution in [0.4, 0.5) is 0 Å². The molecule has 0 atom stereocenters. The van der Waals surface area contributed by atoms with E-state index in [0.29, 0.717) is 5.78 Å². The Morgan fingerprint density at radius 1 is 1.20 bits per heavy atom. The zero-order valence-electron chi connectivity index (χ0n) is 7.55. The Morgan fingerprint density at radius 3 is 2.93 bits per heavy atom. The molecule has 1 aromatic carbocycles. The van der Waals surface area contributed by atoms with Gasteiger partial charge in [0.25, 0.3) is 0 Å². The maximum absolute atomic E-state index is 9.33. The molecular weight excluding hydrogens is 258 g/mol. The molecule has 0 aliphatic carbocycles. The van der Waals surface area contributed by atoms with E-state index < -0.39 is 0 Å². The molecule has 0 bridgehead atoms. The smallest absolute Gasteiger partial charge is 0.235 e. The van der Waals surface area contributed by atoms with E-state index in [0.717, 1.165) is 15.6 Å². The van der Waals surface area contributed by atoms with Crippen molar-refractivity contribution < 1.29 is 5.11 Å². The highest BCUT2D eigenvalue weighted by Gasteiger charge is 2.05. The summed E-state index contributed by atoms with van der Waals surface area (Å²) in [5.74, 6) is 0.829. The lowest BCUT2D eigenvalue weighted by molar-refractivity contribution is 0.476. The fourth-order valence-corrected chi connectivity index (χ4v) is 1.85. The average molecular weight is 264 g/mol. The van der Waals surface area contributed by atoms with Crippen molar-refractivity contribution in [2.75, 3.05) is 0 Å². The van der Waals surface area contributed by atoms with Crippen molar-refractivity contribution in [2.24, 2.45) is 0 Å². The zero-order valence-corrected chi connectivity index (χ0v) is 9.14. The minimum Gasteiger partial charge on any atom is -0.508 e. The summed E-state index contributed by atoms with van der Waals surface area (Å²) in [6.45, 7) is 0. The van der Waals surface area contributed by atoms with Gasteiger partial charge in [-0.15, -0.1) is 0 Å². The number of rotatable bonds is 0. The number of fused-ring (bicyclic) bond motifs is 3. The Morgan fingerprint density at radius 2 is 2.07 bits per heavy atom. The highest BCUT2D eigenvalue weighted by molar-refractivity contribution is 9.10. The van der Waals surface area contributed by atoms with Crippen molar-refractivity contribution in [1.82, 2.24) is 14.4 Å². The minimum absolute atomic E-state index is 0.213. The number of hydrogen-bond donors (Lipinski definition) is 1. The lowest BCUT2D eigenvalue weighted by Crippen LogP contribution is -1.87. The number of imidazole rings is 1. The van der Waals surface area contributed by atoms with Gasteiger partial charge in [0.15, 0.2) is 0 Å². The molecule has 74 valence electrons. The second-order valence-electron chi connectivity index (χ2n) is 3.21. The van der Waals surface area contributed by atoms with E-state index >= 15 is 0 Å². The van der Waals surface area contributed by atoms with Gasteiger partial charge >= 0.3 is 0 Å². The van der Waals surface area contributed by atoms with Crippen LogP contribution in [0.3, 0.4) is 0 Å². The molecule has 0 fully saturated rings. The third-order valence-electron chi connectivity index (χ3n) is 2.22. The molecule has 0 radical (unpaired) electrons. The molecule has 4 nitrogen and oxygen atoms in total. The maximum atomic E-state index is 9.33. The summed E-state index contributed by atoms with van der Waals surface area (Å²) in [5, 5.41) is 9.33. The van der Waals surface area contributed by atoms with E-state index in [9.17, 15) is 5.11 Å². The molecule has 0 amide bonds. The van der Waals surface area contributed by atoms with Gasteiger partial charge in [-0.1, -0.05) is 0 Å². The molecular formula is C10H6BrN3O. The van der Waals surface area contributed by atoms with Crippen molar-refractivity contribution in [3.63, 3.8) is 0 Å². The predicted molar refractivity (Wildman–Crippen MR) is 59.9 cm³/mol. The Labute approximate surface area is 93.3 Å². The van der Waals surface area contributed by atoms with Crippen molar-refractivity contribution in [3.05, 3.63) is 35.1 Å². The maximum Gasteiger partial charge on any atom is 0.235 e. The molecule has 0 spiro atoms. The van der Waals surface area contributed by atoms with Crippen LogP contribution < -0.4 is 0 Å². The first kappa shape index (κ1) is 8.67. The van der Waals surface area contributed by atoms with E-state index in [1.807, 2.05) is 22.7 Å². The highest BCUT2D eigenvalue weighted by atomic mass is 79.9. The molecule has 15 heavy (non-hydrogen) atoms. The molecule has 0 aliphatic heterocycles. The number of nitrogens with zero attached hydrogens (tertiary/aromatic N) is 3. The van der Waals surface area contributed by atoms with Gasteiger partial charge in [-0.25, -0.2) is 9.97 Å². The minimum atomic E-state index is 0.213. The summed E-state index contributed by atoms with van der Waals surface area (Å²) in [6, 6.07) is 6.93. The second-order valence-corrected chi connectivity index (χ2v) is 4.02. The Bertz CT molecular complexity index is 606. The van der Waals surface area contributed by atoms with Crippen molar-refractivity contribution in [1.29, 1.82) is 0 Å². The molecule has 2 heterocycles. The predicted octanol–water partition coefficient (Wildman–Crippen LogP) is 2.35. The third kappa shape index (κ3) is 1.27. The van der Waals surface area contributed by atoms with Gasteiger partial charge in [-0.05, 0) is 34.1 Å². The SMILES string of the molecule is Oc1ccc2c(c1)nc1nc(Br)ccn12. The fourth-order valence-electron chi connectivity index (χ4n) is 1.57. The van der Waals surface area contributed by atoms with Crippen LogP contribution in [0, 0.1) is 0 Å². The monoisotopic (exact) mass is 263 g/mol. The molecule has 0 aliphatic rings. The van der Waals surface area contributed by atoms with Crippen molar-refractivity contribution in [3.8, 4) is 5.75 Å². The quantitative estimate of drug-likeness (QED) is 0.634. The zero-order chi connectivity index (χ0) is 10.4. The van der Waals surface area contributed by atoms with E-state index in [1.54, 1.807) is 12.1 Å². The summed E-state index contributed by atoms with van der Waals surface area (Å²) in [4.78, 5) is 8.53. The first-order valence-electron chi connectivity index (χ1n) is 4.37. The summed E-state index contributed by atoms with van der Waals surface area (Å²) in [7, 11) is 0. The van der Waals surface area contributed by atoms with E-state index in [4.69, 9.17) is 0 Å². The largest absolute Gasteiger partial charge is 0.508 e. The van der Waals surface area contributed by atoms with Crippen LogP contribution in [-0.4, -0.2) is 19.5 Å². The highest BCUT2D eigenvalue weighted by Crippen LogP contribution is 2.20. The van der Waals surface area contributed by atoms with Gasteiger partial charge in [0.05, 0.1) is 11.0 Å². The number of phenols is 1. The fraction of sp³-hybridized carbons (Fsp3) is 0. The number of phenolic OH excluding ortho intramolecular Hbond substituents is 1. The Hall–Kier alpha value is -1.62. The molecule has 2 aromatic heterocycles. The number of aromatic hydroxyl groups is 1. The van der Waals surface area contributed by atoms with E-state index in [1.165, 1.54) is 0 Å². The van der Waals surface area contributed by atoms with Gasteiger partial charge in [0.1, 0.15) is 10.4 Å². The number of halogens is 1. The number of benzene rings is 1. The lowest BCUT2D eigenvalue weighted by Gasteiger charge is -1.94. The molecule has 3 aromatic rings. The number of hydrogen-bond acceptors (Lipinski definition) is 3. The summed E-state index contributed by atoms with van der Waals surface area (Å²) < 4.78 is 2.62. The van der Waals surface area contributed by atoms with Gasteiger partial charge in [0, 0.05) is 12.3 Å². The summed E-state index contributed by atoms with van der Waals surface area (Å²) >= 11 is 3.29. The molecule has 5 heteroatoms. The van der Waals surface area contributed by atoms with Crippen LogP contribution in [0.2, 0.25) is 0 Å². The molecule has 1 N–H and O–H groups in total. The Balaban J connectivity index is 2.51. The van der Waals surface area contributed by atoms with Crippen LogP contribution in [0.15, 0.2) is 35.1 Å². The first-order chi connectivity index (χ1) is 7.24. The topological polar surface area (TPSA) is 50.4 Å². The summed E-state index contributed by atoms with van der Waals surface area (Å²) in [5.41, 5.74) is 1.67. The normalized spacial score (nSPS) is 11.3. The Kier molecular flexibility index (Phi) is 1.70. The number of aromatic nitrogens is 3. The standard InChI is InChI=1S/C10H6BrN3O/c11-9-3-4-14-8-2-1-6(15)5-7(8)12-10(14)13-9/h1-5,15H. The van der Waals surface area contributed by atoms with E-state index in [-0.39, 0.29) is 5.75 Å². The first-order valence-corrected chi connectivity index (χ1v) is 5.17. The van der Waals surface area contributed by atoms with Gasteiger partial charge in [-0.2, -0.15) is 0 Å². The van der Waals surface area contributed by atoms with E-state index in [2.05, 4.69) is 25.9 Å². The van der Waals surface area contributed by atoms with Gasteiger partial charge in [-0.3, -0.25) is 4.40 Å². The van der Waals surface area contributed by atoms with Crippen LogP contribution in [-0.2, 0) is 0 Å². The molecule has 0 saturated carbocycles. The van der Waals surface area contributed by atoms with Crippen molar-refractivity contribution >= 4 is 32.7 Å². The van der Waals surface area contributed by atoms with Crippen LogP contribution >= 0.6 is 15.9 Å². The second kappa shape index (κ2) is 2.93. The van der Waals surface area contributed by atoms with Gasteiger partial charge < -0.3 is 5.11 Å². The average Bonchev–Trinajstić information content (AvgIpc) is 2.53. The lowest BCUT2D eigenvalue weighted by atomic mass is 10.3. The molecule has 0 saturated heterocycles. The van der Waals surface area contributed by atoms with Crippen LogP contribution in [0.5, 0.6) is 5.75 Å². The third-order valence-corrected chi connectivity index (χ3v) is 2.66. The van der Waals surface area contributed by atoms with Gasteiger partial charge in [0.2, 0.25) is 5.78 Å².